The Labute approximate surface area is 187 Å². The number of benzene rings is 1. The summed E-state index contributed by atoms with van der Waals surface area (Å²) in [7, 11) is 0. The van der Waals surface area contributed by atoms with E-state index in [9.17, 15) is 18.4 Å². The number of nitrogens with one attached hydrogen (secondary N) is 1. The van der Waals surface area contributed by atoms with E-state index in [0.717, 1.165) is 24.5 Å². The first kappa shape index (κ1) is 23.6. The second-order valence-corrected chi connectivity index (χ2v) is 8.76. The number of carbonyl (C=O) groups excluding carboxylic acids is 2. The number of amides is 2. The summed E-state index contributed by atoms with van der Waals surface area (Å²) in [6.45, 7) is 5.70. The Hall–Kier alpha value is -3.03. The first-order valence-electron chi connectivity index (χ1n) is 10.9. The monoisotopic (exact) mass is 444 g/mol. The van der Waals surface area contributed by atoms with E-state index < -0.39 is 23.3 Å². The van der Waals surface area contributed by atoms with Crippen LogP contribution in [0.25, 0.3) is 0 Å². The number of guanidine groups is 1. The maximum absolute atomic E-state index is 14.3. The van der Waals surface area contributed by atoms with Crippen LogP contribution in [0.5, 0.6) is 0 Å². The van der Waals surface area contributed by atoms with E-state index in [1.165, 1.54) is 29.2 Å². The zero-order chi connectivity index (χ0) is 23.5. The largest absolute Gasteiger partial charge is 0.369 e. The summed E-state index contributed by atoms with van der Waals surface area (Å²) in [6.07, 6.45) is 5.98. The molecule has 2 amide bonds. The van der Waals surface area contributed by atoms with Crippen LogP contribution in [-0.4, -0.2) is 34.3 Å². The number of rotatable bonds is 7. The molecule has 0 saturated carbocycles. The highest BCUT2D eigenvalue weighted by molar-refractivity contribution is 5.99. The van der Waals surface area contributed by atoms with E-state index in [2.05, 4.69) is 10.3 Å². The van der Waals surface area contributed by atoms with Crippen LogP contribution in [0, 0.1) is 5.82 Å². The van der Waals surface area contributed by atoms with Crippen LogP contribution in [0.4, 0.5) is 8.78 Å². The number of carbonyl (C=O) groups is 2. The van der Waals surface area contributed by atoms with E-state index in [-0.39, 0.29) is 36.2 Å². The highest BCUT2D eigenvalue weighted by atomic mass is 19.1. The van der Waals surface area contributed by atoms with Gasteiger partial charge in [-0.15, -0.1) is 0 Å². The van der Waals surface area contributed by atoms with Gasteiger partial charge in [-0.25, -0.2) is 13.8 Å². The van der Waals surface area contributed by atoms with Gasteiger partial charge in [-0.05, 0) is 74.6 Å². The number of hydrogen-bond acceptors (Lipinski definition) is 4. The van der Waals surface area contributed by atoms with Gasteiger partial charge < -0.3 is 11.1 Å². The maximum Gasteiger partial charge on any atom is 0.251 e. The first-order valence-corrected chi connectivity index (χ1v) is 10.9. The fourth-order valence-corrected chi connectivity index (χ4v) is 4.23. The van der Waals surface area contributed by atoms with E-state index >= 15 is 0 Å². The van der Waals surface area contributed by atoms with Crippen molar-refractivity contribution < 1.29 is 18.4 Å². The Kier molecular flexibility index (Phi) is 7.11. The minimum absolute atomic E-state index is 0.0190. The highest BCUT2D eigenvalue weighted by Crippen LogP contribution is 2.28. The topological polar surface area (TPSA) is 87.8 Å². The van der Waals surface area contributed by atoms with Gasteiger partial charge in [0.05, 0.1) is 18.5 Å². The second-order valence-electron chi connectivity index (χ2n) is 8.76. The van der Waals surface area contributed by atoms with Gasteiger partial charge in [0.15, 0.2) is 5.96 Å². The minimum Gasteiger partial charge on any atom is -0.369 e. The maximum atomic E-state index is 14.3. The fraction of sp³-hybridized carbons (Fsp3) is 0.458. The van der Waals surface area contributed by atoms with Crippen LogP contribution < -0.4 is 11.1 Å². The lowest BCUT2D eigenvalue weighted by atomic mass is 9.91. The standard InChI is InChI=1S/C24H30F2N4O2/c1-4-8-24(3)13-21(31)30(23(27)29-24)14-16-9-18(12-20(26)10-16)22(32)28-15(2)17-6-5-7-19(25)11-17/h7,9-12,15H,4-6,8,13-14H2,1-3H3,(H2,27,29)(H,28,32). The molecule has 1 aromatic rings. The second kappa shape index (κ2) is 9.63. The molecule has 2 unspecified atom stereocenters. The predicted octanol–water partition coefficient (Wildman–Crippen LogP) is 4.12. The normalized spacial score (nSPS) is 22.1. The molecule has 8 heteroatoms. The number of hydrogen-bond donors (Lipinski definition) is 2. The van der Waals surface area contributed by atoms with Crippen molar-refractivity contribution in [3.8, 4) is 0 Å². The molecule has 3 N–H and O–H groups in total. The van der Waals surface area contributed by atoms with E-state index in [4.69, 9.17) is 5.73 Å². The quantitative estimate of drug-likeness (QED) is 0.663. The molecule has 6 nitrogen and oxygen atoms in total. The van der Waals surface area contributed by atoms with Crippen molar-refractivity contribution in [3.05, 3.63) is 58.7 Å². The summed E-state index contributed by atoms with van der Waals surface area (Å²) in [5, 5.41) is 2.79. The molecule has 0 bridgehead atoms. The van der Waals surface area contributed by atoms with Crippen molar-refractivity contribution in [2.75, 3.05) is 0 Å². The molecule has 0 fully saturated rings. The number of nitrogens with two attached hydrogens (primary N) is 1. The third-order valence-electron chi connectivity index (χ3n) is 5.84. The number of allylic oxidation sites excluding steroid dienone is 3. The number of nitrogens with zero attached hydrogens (tertiary/aromatic N) is 2. The van der Waals surface area contributed by atoms with Crippen LogP contribution in [0.1, 0.15) is 68.8 Å². The van der Waals surface area contributed by atoms with Crippen molar-refractivity contribution >= 4 is 17.8 Å². The Morgan fingerprint density at radius 3 is 2.75 bits per heavy atom. The van der Waals surface area contributed by atoms with Crippen LogP contribution in [0.3, 0.4) is 0 Å². The molecule has 1 aliphatic carbocycles. The molecule has 1 aliphatic heterocycles. The molecule has 0 spiro atoms. The Morgan fingerprint density at radius 1 is 1.34 bits per heavy atom. The van der Waals surface area contributed by atoms with Crippen LogP contribution >= 0.6 is 0 Å². The summed E-state index contributed by atoms with van der Waals surface area (Å²) in [5.74, 6) is -1.48. The summed E-state index contributed by atoms with van der Waals surface area (Å²) in [6, 6.07) is 3.54. The molecular weight excluding hydrogens is 414 g/mol. The lowest BCUT2D eigenvalue weighted by Gasteiger charge is -2.35. The summed E-state index contributed by atoms with van der Waals surface area (Å²) in [5.41, 5.74) is 6.85. The van der Waals surface area contributed by atoms with Crippen molar-refractivity contribution in [3.63, 3.8) is 0 Å². The molecule has 1 aromatic carbocycles. The molecular formula is C24H30F2N4O2. The predicted molar refractivity (Wildman–Crippen MR) is 120 cm³/mol. The lowest BCUT2D eigenvalue weighted by molar-refractivity contribution is -0.130. The van der Waals surface area contributed by atoms with Crippen molar-refractivity contribution in [2.45, 2.75) is 71.0 Å². The Bertz CT molecular complexity index is 1000. The molecule has 32 heavy (non-hydrogen) atoms. The molecule has 172 valence electrons. The van der Waals surface area contributed by atoms with Gasteiger partial charge in [0.2, 0.25) is 5.91 Å². The third kappa shape index (κ3) is 5.60. The molecule has 1 heterocycles. The molecule has 0 radical (unpaired) electrons. The Balaban J connectivity index is 1.75. The van der Waals surface area contributed by atoms with Crippen LogP contribution in [-0.2, 0) is 11.3 Å². The van der Waals surface area contributed by atoms with Crippen LogP contribution in [0.2, 0.25) is 0 Å². The fourth-order valence-electron chi connectivity index (χ4n) is 4.23. The van der Waals surface area contributed by atoms with Crippen molar-refractivity contribution in [2.24, 2.45) is 10.7 Å². The molecule has 2 atom stereocenters. The smallest absolute Gasteiger partial charge is 0.251 e. The van der Waals surface area contributed by atoms with Gasteiger partial charge in [-0.1, -0.05) is 13.3 Å². The van der Waals surface area contributed by atoms with Gasteiger partial charge in [0.25, 0.3) is 5.91 Å². The van der Waals surface area contributed by atoms with Gasteiger partial charge in [0.1, 0.15) is 11.6 Å². The van der Waals surface area contributed by atoms with E-state index in [1.54, 1.807) is 6.92 Å². The van der Waals surface area contributed by atoms with Gasteiger partial charge in [-0.3, -0.25) is 14.5 Å². The van der Waals surface area contributed by atoms with Gasteiger partial charge in [-0.2, -0.15) is 0 Å². The molecule has 2 aliphatic rings. The molecule has 3 rings (SSSR count). The molecule has 0 aromatic heterocycles. The van der Waals surface area contributed by atoms with E-state index in [0.29, 0.717) is 18.4 Å². The van der Waals surface area contributed by atoms with Gasteiger partial charge >= 0.3 is 0 Å². The highest BCUT2D eigenvalue weighted by Gasteiger charge is 2.35. The third-order valence-corrected chi connectivity index (χ3v) is 5.84. The zero-order valence-electron chi connectivity index (χ0n) is 18.8. The first-order chi connectivity index (χ1) is 15.1. The minimum atomic E-state index is -0.595. The van der Waals surface area contributed by atoms with Crippen LogP contribution in [0.15, 0.2) is 46.7 Å². The van der Waals surface area contributed by atoms with Crippen molar-refractivity contribution in [1.29, 1.82) is 0 Å². The lowest BCUT2D eigenvalue weighted by Crippen LogP contribution is -2.50. The summed E-state index contributed by atoms with van der Waals surface area (Å²) >= 11 is 0. The Morgan fingerprint density at radius 2 is 2.09 bits per heavy atom. The number of aliphatic imine (C=N–C) groups is 1. The summed E-state index contributed by atoms with van der Waals surface area (Å²) in [4.78, 5) is 31.2. The van der Waals surface area contributed by atoms with Gasteiger partial charge in [0, 0.05) is 11.6 Å². The van der Waals surface area contributed by atoms with E-state index in [1.807, 2.05) is 13.8 Å². The average molecular weight is 445 g/mol. The zero-order valence-corrected chi connectivity index (χ0v) is 18.8. The number of halogens is 2. The SMILES string of the molecule is CCCC1(C)CC(=O)N(Cc2cc(F)cc(C(=O)NC(C)C3=CC(F)=CCC3)c2)C(N)=N1. The molecule has 0 saturated heterocycles. The van der Waals surface area contributed by atoms with Crippen molar-refractivity contribution in [1.82, 2.24) is 10.2 Å². The average Bonchev–Trinajstić information content (AvgIpc) is 2.70. The summed E-state index contributed by atoms with van der Waals surface area (Å²) < 4.78 is 27.8.